The van der Waals surface area contributed by atoms with E-state index < -0.39 is 17.7 Å². The van der Waals surface area contributed by atoms with Gasteiger partial charge in [0.1, 0.15) is 0 Å². The van der Waals surface area contributed by atoms with Gasteiger partial charge in [0.05, 0.1) is 10.9 Å². The van der Waals surface area contributed by atoms with Crippen molar-refractivity contribution < 1.29 is 9.59 Å². The minimum Gasteiger partial charge on any atom is -0.382 e. The predicted molar refractivity (Wildman–Crippen MR) is 121 cm³/mol. The number of benzene rings is 1. The lowest BCUT2D eigenvalue weighted by molar-refractivity contribution is -0.129. The smallest absolute Gasteiger partial charge is 0.221 e. The molecule has 1 aliphatic carbocycles. The van der Waals surface area contributed by atoms with Crippen LogP contribution in [0.5, 0.6) is 0 Å². The third-order valence-electron chi connectivity index (χ3n) is 6.51. The van der Waals surface area contributed by atoms with Crippen molar-refractivity contribution in [3.05, 3.63) is 35.9 Å². The van der Waals surface area contributed by atoms with Crippen molar-refractivity contribution in [2.45, 2.75) is 57.8 Å². The second kappa shape index (κ2) is 11.3. The average Bonchev–Trinajstić information content (AvgIpc) is 2.72. The molecule has 0 radical (unpaired) electrons. The summed E-state index contributed by atoms with van der Waals surface area (Å²) < 4.78 is 0. The van der Waals surface area contributed by atoms with Gasteiger partial charge in [-0.05, 0) is 29.7 Å². The zero-order chi connectivity index (χ0) is 21.4. The van der Waals surface area contributed by atoms with E-state index in [2.05, 4.69) is 24.4 Å². The highest BCUT2D eigenvalue weighted by Crippen LogP contribution is 2.42. The molecule has 2 rings (SSSR count). The van der Waals surface area contributed by atoms with Crippen LogP contribution in [0.25, 0.3) is 0 Å². The first-order chi connectivity index (χ1) is 13.8. The first kappa shape index (κ1) is 23.3. The first-order valence-electron chi connectivity index (χ1n) is 10.7. The third kappa shape index (κ3) is 6.53. The molecule has 0 aliphatic heterocycles. The Kier molecular flexibility index (Phi) is 9.08. The molecule has 0 aromatic heterocycles. The summed E-state index contributed by atoms with van der Waals surface area (Å²) in [4.78, 5) is 25.0. The maximum Gasteiger partial charge on any atom is 0.221 e. The zero-order valence-corrected chi connectivity index (χ0v) is 18.4. The Labute approximate surface area is 180 Å². The maximum atomic E-state index is 12.5. The Morgan fingerprint density at radius 2 is 1.72 bits per heavy atom. The van der Waals surface area contributed by atoms with Gasteiger partial charge >= 0.3 is 0 Å². The fourth-order valence-electron chi connectivity index (χ4n) is 5.01. The lowest BCUT2D eigenvalue weighted by Gasteiger charge is -2.39. The molecule has 4 atom stereocenters. The number of primary amides is 2. The van der Waals surface area contributed by atoms with Crippen molar-refractivity contribution in [2.75, 3.05) is 7.05 Å². The van der Waals surface area contributed by atoms with Crippen LogP contribution in [0.15, 0.2) is 30.3 Å². The lowest BCUT2D eigenvalue weighted by atomic mass is 9.66. The molecule has 5 nitrogen and oxygen atoms in total. The highest BCUT2D eigenvalue weighted by molar-refractivity contribution is 7.80. The molecule has 6 heteroatoms. The Morgan fingerprint density at radius 1 is 1.10 bits per heavy atom. The molecule has 1 saturated carbocycles. The molecule has 5 N–H and O–H groups in total. The van der Waals surface area contributed by atoms with E-state index in [0.717, 1.165) is 17.0 Å². The topological polar surface area (TPSA) is 98.2 Å². The van der Waals surface area contributed by atoms with Gasteiger partial charge in [-0.1, -0.05) is 81.6 Å². The van der Waals surface area contributed by atoms with Crippen LogP contribution in [0.1, 0.15) is 63.4 Å². The van der Waals surface area contributed by atoms with Crippen LogP contribution in [-0.2, 0) is 9.59 Å². The Bertz CT molecular complexity index is 689. The van der Waals surface area contributed by atoms with E-state index in [-0.39, 0.29) is 24.2 Å². The molecule has 0 heterocycles. The predicted octanol–water partition coefficient (Wildman–Crippen LogP) is 3.52. The number of carbonyl (C=O) groups excluding carboxylic acids is 2. The second-order valence-electron chi connectivity index (χ2n) is 8.42. The van der Waals surface area contributed by atoms with Gasteiger partial charge in [0.2, 0.25) is 11.8 Å². The van der Waals surface area contributed by atoms with Gasteiger partial charge in [-0.2, -0.15) is 0 Å². The molecular weight excluding hydrogens is 382 g/mol. The van der Waals surface area contributed by atoms with E-state index >= 15 is 0 Å². The summed E-state index contributed by atoms with van der Waals surface area (Å²) in [5, 5.41) is 3.15. The van der Waals surface area contributed by atoms with Crippen molar-refractivity contribution >= 4 is 29.0 Å². The van der Waals surface area contributed by atoms with Gasteiger partial charge in [0.25, 0.3) is 0 Å². The van der Waals surface area contributed by atoms with Crippen LogP contribution in [0.2, 0.25) is 0 Å². The van der Waals surface area contributed by atoms with Gasteiger partial charge in [0.15, 0.2) is 0 Å². The molecule has 0 spiro atoms. The van der Waals surface area contributed by atoms with Gasteiger partial charge in [-0.25, -0.2) is 0 Å². The molecule has 1 aromatic carbocycles. The summed E-state index contributed by atoms with van der Waals surface area (Å²) in [6.45, 7) is 2.10. The maximum absolute atomic E-state index is 12.5. The molecule has 29 heavy (non-hydrogen) atoms. The number of rotatable bonds is 10. The molecule has 2 unspecified atom stereocenters. The number of nitrogens with one attached hydrogen (secondary N) is 1. The summed E-state index contributed by atoms with van der Waals surface area (Å²) in [5.74, 6) is -1.28. The van der Waals surface area contributed by atoms with Crippen molar-refractivity contribution in [1.29, 1.82) is 0 Å². The average molecular weight is 418 g/mol. The fraction of sp³-hybridized carbons (Fsp3) is 0.609. The van der Waals surface area contributed by atoms with Crippen molar-refractivity contribution in [1.82, 2.24) is 5.32 Å². The van der Waals surface area contributed by atoms with E-state index in [4.69, 9.17) is 23.7 Å². The molecule has 1 aromatic rings. The van der Waals surface area contributed by atoms with E-state index in [0.29, 0.717) is 5.92 Å². The van der Waals surface area contributed by atoms with E-state index in [1.807, 2.05) is 25.2 Å². The molecule has 0 saturated heterocycles. The first-order valence-corrected chi connectivity index (χ1v) is 11.1. The van der Waals surface area contributed by atoms with Crippen LogP contribution in [-0.4, -0.2) is 23.9 Å². The van der Waals surface area contributed by atoms with Crippen LogP contribution in [0.4, 0.5) is 0 Å². The summed E-state index contributed by atoms with van der Waals surface area (Å²) in [6.07, 6.45) is 6.99. The fourth-order valence-corrected chi connectivity index (χ4v) is 5.26. The van der Waals surface area contributed by atoms with E-state index in [1.165, 1.54) is 32.1 Å². The molecule has 0 bridgehead atoms. The molecule has 1 fully saturated rings. The minimum atomic E-state index is -0.650. The van der Waals surface area contributed by atoms with Gasteiger partial charge < -0.3 is 16.8 Å². The third-order valence-corrected chi connectivity index (χ3v) is 7.02. The quantitative estimate of drug-likeness (QED) is 0.507. The molecule has 2 amide bonds. The SMILES string of the molecule is CNC(=S)[C@@H](CC1CCCCC1)C(C(C)c1ccccc1)[C@@H](CC(N)=O)C(N)=O. The van der Waals surface area contributed by atoms with Crippen LogP contribution >= 0.6 is 12.2 Å². The number of hydrogen-bond donors (Lipinski definition) is 3. The largest absolute Gasteiger partial charge is 0.382 e. The van der Waals surface area contributed by atoms with E-state index in [1.54, 1.807) is 0 Å². The molecular formula is C23H35N3O2S. The zero-order valence-electron chi connectivity index (χ0n) is 17.6. The van der Waals surface area contributed by atoms with Crippen molar-refractivity contribution in [3.8, 4) is 0 Å². The number of carbonyl (C=O) groups is 2. The number of thiocarbonyl (C=S) groups is 1. The number of amides is 2. The Hall–Kier alpha value is -1.95. The summed E-state index contributed by atoms with van der Waals surface area (Å²) >= 11 is 5.73. The highest BCUT2D eigenvalue weighted by Gasteiger charge is 2.40. The lowest BCUT2D eigenvalue weighted by Crippen LogP contribution is -2.44. The Morgan fingerprint density at radius 3 is 2.24 bits per heavy atom. The van der Waals surface area contributed by atoms with Gasteiger partial charge in [0, 0.05) is 19.4 Å². The normalized spacial score (nSPS) is 19.0. The van der Waals surface area contributed by atoms with Crippen molar-refractivity contribution in [3.63, 3.8) is 0 Å². The van der Waals surface area contributed by atoms with Gasteiger partial charge in [-0.15, -0.1) is 0 Å². The number of nitrogens with two attached hydrogens (primary N) is 2. The number of hydrogen-bond acceptors (Lipinski definition) is 3. The standard InChI is InChI=1S/C23H35N3O2S/c1-15(17-11-7-4-8-12-17)21(18(22(25)28)14-20(24)27)19(23(29)26-2)13-16-9-5-3-6-10-16/h4,7-8,11-12,15-16,18-19,21H,3,5-6,9-10,13-14H2,1-2H3,(H2,24,27)(H2,25,28)(H,26,29)/t15?,18-,19+,21?/m1/s1. The summed E-state index contributed by atoms with van der Waals surface area (Å²) in [5.41, 5.74) is 12.4. The monoisotopic (exact) mass is 417 g/mol. The molecule has 1 aliphatic rings. The second-order valence-corrected chi connectivity index (χ2v) is 8.86. The minimum absolute atomic E-state index is 0.00735. The molecule has 160 valence electrons. The van der Waals surface area contributed by atoms with Gasteiger partial charge in [-0.3, -0.25) is 9.59 Å². The van der Waals surface area contributed by atoms with E-state index in [9.17, 15) is 9.59 Å². The van der Waals surface area contributed by atoms with Crippen LogP contribution in [0.3, 0.4) is 0 Å². The van der Waals surface area contributed by atoms with Crippen LogP contribution < -0.4 is 16.8 Å². The highest BCUT2D eigenvalue weighted by atomic mass is 32.1. The van der Waals surface area contributed by atoms with Crippen LogP contribution in [0, 0.1) is 23.7 Å². The van der Waals surface area contributed by atoms with Crippen molar-refractivity contribution in [2.24, 2.45) is 35.1 Å². The summed E-state index contributed by atoms with van der Waals surface area (Å²) in [7, 11) is 1.83. The Balaban J connectivity index is 2.45. The summed E-state index contributed by atoms with van der Waals surface area (Å²) in [6, 6.07) is 10.1.